The lowest BCUT2D eigenvalue weighted by Crippen LogP contribution is -1.97. The van der Waals surface area contributed by atoms with Crippen molar-refractivity contribution in [2.75, 3.05) is 14.2 Å². The molecule has 3 aromatic carbocycles. The summed E-state index contributed by atoms with van der Waals surface area (Å²) in [5.41, 5.74) is 4.28. The van der Waals surface area contributed by atoms with Crippen molar-refractivity contribution < 1.29 is 19.4 Å². The van der Waals surface area contributed by atoms with Gasteiger partial charge in [0.1, 0.15) is 0 Å². The molecule has 0 saturated carbocycles. The second-order valence-corrected chi connectivity index (χ2v) is 6.33. The van der Waals surface area contributed by atoms with Crippen LogP contribution in [0.5, 0.6) is 11.5 Å². The maximum absolute atomic E-state index is 11.4. The molecule has 1 N–H and O–H groups in total. The van der Waals surface area contributed by atoms with Crippen LogP contribution >= 0.6 is 0 Å². The molecule has 0 bridgehead atoms. The fraction of sp³-hybridized carbons (Fsp3) is 0.0800. The van der Waals surface area contributed by atoms with E-state index in [0.717, 1.165) is 22.3 Å². The topological polar surface area (TPSA) is 55.8 Å². The molecule has 0 amide bonds. The van der Waals surface area contributed by atoms with E-state index in [0.29, 0.717) is 17.1 Å². The number of carbonyl (C=O) groups is 1. The average Bonchev–Trinajstić information content (AvgIpc) is 2.76. The van der Waals surface area contributed by atoms with Crippen LogP contribution < -0.4 is 9.47 Å². The molecule has 0 saturated heterocycles. The fourth-order valence-electron chi connectivity index (χ4n) is 2.99. The number of benzene rings is 3. The first-order chi connectivity index (χ1) is 14.1. The Morgan fingerprint density at radius 2 is 1.34 bits per heavy atom. The summed E-state index contributed by atoms with van der Waals surface area (Å²) in [6.07, 6.45) is 5.27. The van der Waals surface area contributed by atoms with Crippen LogP contribution in [0.2, 0.25) is 0 Å². The summed E-state index contributed by atoms with van der Waals surface area (Å²) in [5.74, 6) is 0.124. The predicted octanol–water partition coefficient (Wildman–Crippen LogP) is 5.39. The Labute approximate surface area is 170 Å². The quantitative estimate of drug-likeness (QED) is 0.437. The lowest BCUT2D eigenvalue weighted by Gasteiger charge is -2.12. The molecule has 0 aromatic heterocycles. The minimum atomic E-state index is -1.01. The third-order valence-corrected chi connectivity index (χ3v) is 4.45. The molecular formula is C25H22O4. The molecule has 0 fully saturated rings. The zero-order chi connectivity index (χ0) is 20.6. The maximum atomic E-state index is 11.4. The van der Waals surface area contributed by atoms with E-state index >= 15 is 0 Å². The monoisotopic (exact) mass is 386 g/mol. The number of aliphatic carboxylic acids is 1. The van der Waals surface area contributed by atoms with Crippen molar-refractivity contribution in [1.29, 1.82) is 0 Å². The Morgan fingerprint density at radius 3 is 1.93 bits per heavy atom. The van der Waals surface area contributed by atoms with Crippen molar-refractivity contribution in [3.63, 3.8) is 0 Å². The fourth-order valence-corrected chi connectivity index (χ4v) is 2.99. The van der Waals surface area contributed by atoms with Crippen molar-refractivity contribution in [1.82, 2.24) is 0 Å². The molecule has 0 aliphatic carbocycles. The molecule has 3 aromatic rings. The van der Waals surface area contributed by atoms with E-state index in [1.54, 1.807) is 26.4 Å². The standard InChI is InChI=1S/C25H22O4/c1-28-23-15-14-21(16-24(23)29-2)22(17-25(26)27)20-12-10-19(11-13-20)9-8-18-6-4-3-5-7-18/h3-17H,1-2H3,(H,26,27). The second kappa shape index (κ2) is 9.42. The average molecular weight is 386 g/mol. The molecule has 0 heterocycles. The maximum Gasteiger partial charge on any atom is 0.328 e. The molecule has 0 atom stereocenters. The van der Waals surface area contributed by atoms with Gasteiger partial charge in [-0.3, -0.25) is 0 Å². The molecular weight excluding hydrogens is 364 g/mol. The smallest absolute Gasteiger partial charge is 0.328 e. The Bertz CT molecular complexity index is 1030. The van der Waals surface area contributed by atoms with Gasteiger partial charge >= 0.3 is 5.97 Å². The molecule has 0 unspecified atom stereocenters. The highest BCUT2D eigenvalue weighted by atomic mass is 16.5. The van der Waals surface area contributed by atoms with Gasteiger partial charge < -0.3 is 14.6 Å². The summed E-state index contributed by atoms with van der Waals surface area (Å²) in [6, 6.07) is 23.2. The number of hydrogen-bond acceptors (Lipinski definition) is 3. The van der Waals surface area contributed by atoms with Gasteiger partial charge in [0, 0.05) is 6.08 Å². The summed E-state index contributed by atoms with van der Waals surface area (Å²) < 4.78 is 10.6. The van der Waals surface area contributed by atoms with E-state index < -0.39 is 5.97 Å². The van der Waals surface area contributed by atoms with Gasteiger partial charge in [-0.25, -0.2) is 4.79 Å². The summed E-state index contributed by atoms with van der Waals surface area (Å²) in [4.78, 5) is 11.4. The number of carboxylic acid groups (broad SMARTS) is 1. The lowest BCUT2D eigenvalue weighted by atomic mass is 9.96. The van der Waals surface area contributed by atoms with Crippen molar-refractivity contribution >= 4 is 23.7 Å². The van der Waals surface area contributed by atoms with E-state index in [4.69, 9.17) is 9.47 Å². The van der Waals surface area contributed by atoms with Gasteiger partial charge in [0.15, 0.2) is 11.5 Å². The summed E-state index contributed by atoms with van der Waals surface area (Å²) >= 11 is 0. The van der Waals surface area contributed by atoms with Crippen LogP contribution in [-0.4, -0.2) is 25.3 Å². The first kappa shape index (κ1) is 20.0. The van der Waals surface area contributed by atoms with E-state index in [2.05, 4.69) is 0 Å². The van der Waals surface area contributed by atoms with Gasteiger partial charge in [-0.05, 0) is 40.0 Å². The van der Waals surface area contributed by atoms with Gasteiger partial charge in [-0.2, -0.15) is 0 Å². The SMILES string of the molecule is COc1ccc(C(=CC(=O)O)c2ccc(C=Cc3ccccc3)cc2)cc1OC. The van der Waals surface area contributed by atoms with Crippen molar-refractivity contribution in [2.24, 2.45) is 0 Å². The van der Waals surface area contributed by atoms with E-state index in [9.17, 15) is 9.90 Å². The largest absolute Gasteiger partial charge is 0.493 e. The Morgan fingerprint density at radius 1 is 0.759 bits per heavy atom. The van der Waals surface area contributed by atoms with Crippen LogP contribution in [0.15, 0.2) is 78.9 Å². The highest BCUT2D eigenvalue weighted by molar-refractivity contribution is 5.95. The number of rotatable bonds is 7. The van der Waals surface area contributed by atoms with E-state index in [1.165, 1.54) is 6.08 Å². The highest BCUT2D eigenvalue weighted by Crippen LogP contribution is 2.33. The van der Waals surface area contributed by atoms with Crippen LogP contribution in [0.1, 0.15) is 22.3 Å². The zero-order valence-corrected chi connectivity index (χ0v) is 16.3. The van der Waals surface area contributed by atoms with Gasteiger partial charge in [0.2, 0.25) is 0 Å². The highest BCUT2D eigenvalue weighted by Gasteiger charge is 2.11. The molecule has 4 nitrogen and oxygen atoms in total. The van der Waals surface area contributed by atoms with Crippen molar-refractivity contribution in [3.8, 4) is 11.5 Å². The Hall–Kier alpha value is -3.79. The van der Waals surface area contributed by atoms with Crippen LogP contribution in [0.3, 0.4) is 0 Å². The summed E-state index contributed by atoms with van der Waals surface area (Å²) in [6.45, 7) is 0. The molecule has 29 heavy (non-hydrogen) atoms. The molecule has 0 radical (unpaired) electrons. The summed E-state index contributed by atoms with van der Waals surface area (Å²) in [7, 11) is 3.11. The van der Waals surface area contributed by atoms with Crippen LogP contribution in [-0.2, 0) is 4.79 Å². The molecule has 0 aliphatic rings. The molecule has 3 rings (SSSR count). The normalized spacial score (nSPS) is 11.4. The third kappa shape index (κ3) is 5.14. The van der Waals surface area contributed by atoms with Crippen molar-refractivity contribution in [3.05, 3.63) is 101 Å². The first-order valence-electron chi connectivity index (χ1n) is 9.11. The number of carboxylic acids is 1. The third-order valence-electron chi connectivity index (χ3n) is 4.45. The van der Waals surface area contributed by atoms with Crippen molar-refractivity contribution in [2.45, 2.75) is 0 Å². The van der Waals surface area contributed by atoms with Gasteiger partial charge in [0.05, 0.1) is 14.2 Å². The van der Waals surface area contributed by atoms with Gasteiger partial charge in [-0.1, -0.05) is 72.8 Å². The summed E-state index contributed by atoms with van der Waals surface area (Å²) in [5, 5.41) is 9.36. The predicted molar refractivity (Wildman–Crippen MR) is 116 cm³/mol. The number of ether oxygens (including phenoxy) is 2. The Kier molecular flexibility index (Phi) is 6.48. The number of hydrogen-bond donors (Lipinski definition) is 1. The van der Waals surface area contributed by atoms with Crippen LogP contribution in [0.4, 0.5) is 0 Å². The van der Waals surface area contributed by atoms with Gasteiger partial charge in [-0.15, -0.1) is 0 Å². The number of methoxy groups -OCH3 is 2. The molecule has 0 spiro atoms. The lowest BCUT2D eigenvalue weighted by molar-refractivity contribution is -0.131. The minimum absolute atomic E-state index is 0.545. The zero-order valence-electron chi connectivity index (χ0n) is 16.3. The molecule has 146 valence electrons. The minimum Gasteiger partial charge on any atom is -0.493 e. The van der Waals surface area contributed by atoms with Crippen LogP contribution in [0.25, 0.3) is 17.7 Å². The van der Waals surface area contributed by atoms with E-state index in [1.807, 2.05) is 72.8 Å². The van der Waals surface area contributed by atoms with Crippen LogP contribution in [0, 0.1) is 0 Å². The molecule has 0 aliphatic heterocycles. The Balaban J connectivity index is 1.92. The second-order valence-electron chi connectivity index (χ2n) is 6.33. The first-order valence-corrected chi connectivity index (χ1v) is 9.11. The van der Waals surface area contributed by atoms with Gasteiger partial charge in [0.25, 0.3) is 0 Å². The van der Waals surface area contributed by atoms with E-state index in [-0.39, 0.29) is 0 Å². The molecule has 4 heteroatoms.